The summed E-state index contributed by atoms with van der Waals surface area (Å²) in [5, 5.41) is 17.2. The van der Waals surface area contributed by atoms with Crippen molar-refractivity contribution in [3.63, 3.8) is 0 Å². The van der Waals surface area contributed by atoms with Crippen molar-refractivity contribution in [2.24, 2.45) is 0 Å². The summed E-state index contributed by atoms with van der Waals surface area (Å²) in [4.78, 5) is 8.16. The second kappa shape index (κ2) is 4.41. The van der Waals surface area contributed by atoms with E-state index in [9.17, 15) is 5.11 Å². The summed E-state index contributed by atoms with van der Waals surface area (Å²) in [5.74, 6) is 1.56. The molecule has 0 unspecified atom stereocenters. The first-order valence-electron chi connectivity index (χ1n) is 5.65. The van der Waals surface area contributed by atoms with Gasteiger partial charge < -0.3 is 15.2 Å². The van der Waals surface area contributed by atoms with Crippen LogP contribution in [0.4, 0.5) is 5.82 Å². The van der Waals surface area contributed by atoms with Crippen LogP contribution in [0.1, 0.15) is 20.8 Å². The van der Waals surface area contributed by atoms with Crippen LogP contribution in [0.5, 0.6) is 5.88 Å². The van der Waals surface area contributed by atoms with Crippen LogP contribution >= 0.6 is 0 Å². The summed E-state index contributed by atoms with van der Waals surface area (Å²) in [6.45, 7) is 5.36. The molecule has 98 valence electrons. The molecule has 0 aliphatic heterocycles. The Kier molecular flexibility index (Phi) is 3.08. The highest BCUT2D eigenvalue weighted by molar-refractivity contribution is 5.47. The maximum atomic E-state index is 9.94. The molecule has 2 rings (SSSR count). The van der Waals surface area contributed by atoms with Gasteiger partial charge in [0, 0.05) is 6.07 Å². The topological polar surface area (TPSA) is 84.6 Å². The minimum Gasteiger partial charge on any atom is -0.481 e. The Bertz CT molecular complexity index is 546. The van der Waals surface area contributed by atoms with Crippen molar-refractivity contribution in [1.82, 2.24) is 19.6 Å². The van der Waals surface area contributed by atoms with Gasteiger partial charge >= 0.3 is 0 Å². The molecule has 0 radical (unpaired) electrons. The standard InChI is InChI=1S/C11H17N5O2/c1-7(11(2,3)17)14-8-5-9(18-4)15-10-12-6-13-16(8)10/h5-7,14,17H,1-4H3/t7-/m0/s1. The molecule has 0 saturated carbocycles. The minimum absolute atomic E-state index is 0.169. The normalized spacial score (nSPS) is 13.6. The molecular formula is C11H17N5O2. The van der Waals surface area contributed by atoms with E-state index < -0.39 is 5.60 Å². The lowest BCUT2D eigenvalue weighted by atomic mass is 10.0. The Morgan fingerprint density at radius 2 is 2.22 bits per heavy atom. The van der Waals surface area contributed by atoms with Gasteiger partial charge in [-0.05, 0) is 20.8 Å². The number of aliphatic hydroxyl groups is 1. The quantitative estimate of drug-likeness (QED) is 0.832. The summed E-state index contributed by atoms with van der Waals surface area (Å²) >= 11 is 0. The van der Waals surface area contributed by atoms with E-state index in [1.807, 2.05) is 6.92 Å². The zero-order chi connectivity index (χ0) is 13.3. The smallest absolute Gasteiger partial charge is 0.257 e. The summed E-state index contributed by atoms with van der Waals surface area (Å²) in [6.07, 6.45) is 1.42. The van der Waals surface area contributed by atoms with Gasteiger partial charge in [-0.2, -0.15) is 19.6 Å². The number of rotatable bonds is 4. The van der Waals surface area contributed by atoms with Crippen molar-refractivity contribution in [1.29, 1.82) is 0 Å². The number of nitrogens with zero attached hydrogens (tertiary/aromatic N) is 4. The number of hydrogen-bond acceptors (Lipinski definition) is 6. The lowest BCUT2D eigenvalue weighted by molar-refractivity contribution is 0.0647. The second-order valence-corrected chi connectivity index (χ2v) is 4.68. The average Bonchev–Trinajstić information content (AvgIpc) is 2.75. The van der Waals surface area contributed by atoms with Gasteiger partial charge in [0.15, 0.2) is 0 Å². The Morgan fingerprint density at radius 1 is 1.50 bits per heavy atom. The van der Waals surface area contributed by atoms with Crippen molar-refractivity contribution in [3.05, 3.63) is 12.4 Å². The number of hydrogen-bond donors (Lipinski definition) is 2. The monoisotopic (exact) mass is 251 g/mol. The van der Waals surface area contributed by atoms with Crippen LogP contribution in [0.3, 0.4) is 0 Å². The van der Waals surface area contributed by atoms with Crippen LogP contribution < -0.4 is 10.1 Å². The van der Waals surface area contributed by atoms with E-state index in [4.69, 9.17) is 4.74 Å². The zero-order valence-electron chi connectivity index (χ0n) is 10.9. The maximum Gasteiger partial charge on any atom is 0.257 e. The summed E-state index contributed by atoms with van der Waals surface area (Å²) in [7, 11) is 1.54. The SMILES string of the molecule is COc1cc(N[C@@H](C)C(C)(C)O)n2ncnc2n1. The Labute approximate surface area is 105 Å². The van der Waals surface area contributed by atoms with Crippen molar-refractivity contribution < 1.29 is 9.84 Å². The number of aromatic nitrogens is 4. The van der Waals surface area contributed by atoms with Gasteiger partial charge in [-0.3, -0.25) is 0 Å². The Morgan fingerprint density at radius 3 is 2.83 bits per heavy atom. The van der Waals surface area contributed by atoms with Gasteiger partial charge in [-0.15, -0.1) is 0 Å². The fourth-order valence-electron chi connectivity index (χ4n) is 1.40. The van der Waals surface area contributed by atoms with Crippen LogP contribution in [0.15, 0.2) is 12.4 Å². The van der Waals surface area contributed by atoms with Crippen LogP contribution in [0.25, 0.3) is 5.78 Å². The van der Waals surface area contributed by atoms with E-state index >= 15 is 0 Å². The highest BCUT2D eigenvalue weighted by Crippen LogP contribution is 2.19. The Balaban J connectivity index is 2.40. The average molecular weight is 251 g/mol. The molecule has 18 heavy (non-hydrogen) atoms. The second-order valence-electron chi connectivity index (χ2n) is 4.68. The number of nitrogens with one attached hydrogen (secondary N) is 1. The third-order valence-electron chi connectivity index (χ3n) is 2.86. The van der Waals surface area contributed by atoms with E-state index in [0.717, 1.165) is 0 Å². The van der Waals surface area contributed by atoms with Gasteiger partial charge in [0.2, 0.25) is 5.88 Å². The fourth-order valence-corrected chi connectivity index (χ4v) is 1.40. The molecule has 2 heterocycles. The lowest BCUT2D eigenvalue weighted by Gasteiger charge is -2.27. The molecule has 0 spiro atoms. The van der Waals surface area contributed by atoms with E-state index in [1.165, 1.54) is 6.33 Å². The fraction of sp³-hybridized carbons (Fsp3) is 0.545. The molecule has 0 bridgehead atoms. The van der Waals surface area contributed by atoms with E-state index in [1.54, 1.807) is 31.5 Å². The first-order valence-corrected chi connectivity index (χ1v) is 5.65. The third kappa shape index (κ3) is 2.35. The number of ether oxygens (including phenoxy) is 1. The van der Waals surface area contributed by atoms with E-state index in [2.05, 4.69) is 20.4 Å². The van der Waals surface area contributed by atoms with Crippen LogP contribution in [-0.4, -0.2) is 43.4 Å². The molecule has 2 N–H and O–H groups in total. The molecule has 2 aromatic rings. The predicted molar refractivity (Wildman–Crippen MR) is 66.7 cm³/mol. The molecule has 1 atom stereocenters. The van der Waals surface area contributed by atoms with E-state index in [-0.39, 0.29) is 6.04 Å². The molecule has 0 aliphatic carbocycles. The summed E-state index contributed by atoms with van der Waals surface area (Å²) < 4.78 is 6.67. The van der Waals surface area contributed by atoms with Crippen molar-refractivity contribution in [2.75, 3.05) is 12.4 Å². The molecule has 0 aliphatic rings. The first kappa shape index (κ1) is 12.6. The largest absolute Gasteiger partial charge is 0.481 e. The van der Waals surface area contributed by atoms with Crippen molar-refractivity contribution >= 4 is 11.6 Å². The molecule has 0 fully saturated rings. The van der Waals surface area contributed by atoms with Gasteiger partial charge in [-0.25, -0.2) is 0 Å². The van der Waals surface area contributed by atoms with Crippen LogP contribution in [0, 0.1) is 0 Å². The van der Waals surface area contributed by atoms with Gasteiger partial charge in [0.1, 0.15) is 12.1 Å². The zero-order valence-corrected chi connectivity index (χ0v) is 10.9. The molecule has 0 amide bonds. The number of anilines is 1. The molecule has 7 nitrogen and oxygen atoms in total. The summed E-state index contributed by atoms with van der Waals surface area (Å²) in [5.41, 5.74) is -0.858. The molecule has 2 aromatic heterocycles. The van der Waals surface area contributed by atoms with E-state index in [0.29, 0.717) is 17.5 Å². The number of methoxy groups -OCH3 is 1. The van der Waals surface area contributed by atoms with Crippen LogP contribution in [0.2, 0.25) is 0 Å². The molecule has 0 aromatic carbocycles. The molecular weight excluding hydrogens is 234 g/mol. The Hall–Kier alpha value is -1.89. The summed E-state index contributed by atoms with van der Waals surface area (Å²) in [6, 6.07) is 1.54. The minimum atomic E-state index is -0.858. The van der Waals surface area contributed by atoms with Crippen molar-refractivity contribution in [3.8, 4) is 5.88 Å². The highest BCUT2D eigenvalue weighted by atomic mass is 16.5. The first-order chi connectivity index (χ1) is 8.41. The lowest BCUT2D eigenvalue weighted by Crippen LogP contribution is -2.39. The van der Waals surface area contributed by atoms with Gasteiger partial charge in [0.05, 0.1) is 18.8 Å². The molecule has 0 saturated heterocycles. The number of fused-ring (bicyclic) bond motifs is 1. The van der Waals surface area contributed by atoms with Gasteiger partial charge in [-0.1, -0.05) is 0 Å². The third-order valence-corrected chi connectivity index (χ3v) is 2.86. The predicted octanol–water partition coefficient (Wildman–Crippen LogP) is 0.704. The maximum absolute atomic E-state index is 9.94. The van der Waals surface area contributed by atoms with Crippen molar-refractivity contribution in [2.45, 2.75) is 32.4 Å². The highest BCUT2D eigenvalue weighted by Gasteiger charge is 2.23. The molecule has 7 heteroatoms. The van der Waals surface area contributed by atoms with Gasteiger partial charge in [0.25, 0.3) is 5.78 Å². The van der Waals surface area contributed by atoms with Crippen LogP contribution in [-0.2, 0) is 0 Å².